The number of methoxy groups -OCH3 is 1. The van der Waals surface area contributed by atoms with E-state index >= 15 is 0 Å². The Morgan fingerprint density at radius 3 is 2.95 bits per heavy atom. The van der Waals surface area contributed by atoms with E-state index in [1.165, 1.54) is 7.11 Å². The molecule has 1 aromatic carbocycles. The minimum atomic E-state index is -0.274. The third kappa shape index (κ3) is 3.67. The molecule has 4 heteroatoms. The predicted octanol–water partition coefficient (Wildman–Crippen LogP) is 2.88. The summed E-state index contributed by atoms with van der Waals surface area (Å²) in [6.07, 6.45) is 1.91. The largest absolute Gasteiger partial charge is 0.494 e. The molecule has 1 heterocycles. The molecule has 1 fully saturated rings. The van der Waals surface area contributed by atoms with Crippen molar-refractivity contribution in [2.75, 3.05) is 13.7 Å². The molecule has 2 rings (SSSR count). The van der Waals surface area contributed by atoms with Gasteiger partial charge in [0, 0.05) is 24.8 Å². The zero-order valence-electron chi connectivity index (χ0n) is 11.8. The number of hydrogen-bond donors (Lipinski definition) is 1. The summed E-state index contributed by atoms with van der Waals surface area (Å²) in [5, 5.41) is 3.41. The fraction of sp³-hybridized carbons (Fsp3) is 0.600. The molecule has 1 saturated heterocycles. The Bertz CT molecular complexity index is 434. The van der Waals surface area contributed by atoms with E-state index in [2.05, 4.69) is 19.2 Å². The van der Waals surface area contributed by atoms with E-state index in [-0.39, 0.29) is 11.4 Å². The van der Waals surface area contributed by atoms with E-state index in [1.807, 2.05) is 6.07 Å². The van der Waals surface area contributed by atoms with Crippen molar-refractivity contribution in [1.82, 2.24) is 5.32 Å². The number of rotatable bonds is 4. The molecule has 1 atom stereocenters. The van der Waals surface area contributed by atoms with Gasteiger partial charge in [0.15, 0.2) is 11.6 Å². The summed E-state index contributed by atoms with van der Waals surface area (Å²) < 4.78 is 24.7. The smallest absolute Gasteiger partial charge is 0.169 e. The van der Waals surface area contributed by atoms with Gasteiger partial charge in [-0.1, -0.05) is 12.1 Å². The Hall–Kier alpha value is -1.13. The van der Waals surface area contributed by atoms with Crippen LogP contribution in [0.1, 0.15) is 32.3 Å². The third-order valence-electron chi connectivity index (χ3n) is 3.54. The highest BCUT2D eigenvalue weighted by Gasteiger charge is 2.28. The molecule has 0 aliphatic carbocycles. The van der Waals surface area contributed by atoms with Gasteiger partial charge in [-0.05, 0) is 32.8 Å². The van der Waals surface area contributed by atoms with Crippen LogP contribution in [0.25, 0.3) is 0 Å². The molecule has 0 bridgehead atoms. The Morgan fingerprint density at radius 2 is 2.26 bits per heavy atom. The first kappa shape index (κ1) is 14.3. The van der Waals surface area contributed by atoms with Crippen molar-refractivity contribution in [3.8, 4) is 5.75 Å². The zero-order valence-corrected chi connectivity index (χ0v) is 11.8. The Kier molecular flexibility index (Phi) is 4.42. The first-order valence-corrected chi connectivity index (χ1v) is 6.70. The topological polar surface area (TPSA) is 30.5 Å². The van der Waals surface area contributed by atoms with E-state index in [0.717, 1.165) is 19.4 Å². The fourth-order valence-corrected chi connectivity index (χ4v) is 2.51. The van der Waals surface area contributed by atoms with E-state index in [0.29, 0.717) is 23.9 Å². The van der Waals surface area contributed by atoms with Crippen LogP contribution in [-0.2, 0) is 11.3 Å². The maximum atomic E-state index is 14.0. The molecule has 19 heavy (non-hydrogen) atoms. The summed E-state index contributed by atoms with van der Waals surface area (Å²) in [6, 6.07) is 5.60. The van der Waals surface area contributed by atoms with Gasteiger partial charge in [0.1, 0.15) is 0 Å². The van der Waals surface area contributed by atoms with Gasteiger partial charge in [0.25, 0.3) is 0 Å². The molecule has 1 aliphatic rings. The van der Waals surface area contributed by atoms with Crippen LogP contribution in [0.3, 0.4) is 0 Å². The lowest BCUT2D eigenvalue weighted by atomic mass is 9.94. The summed E-state index contributed by atoms with van der Waals surface area (Å²) in [7, 11) is 1.48. The second-order valence-corrected chi connectivity index (χ2v) is 5.61. The summed E-state index contributed by atoms with van der Waals surface area (Å²) in [6.45, 7) is 5.45. The molecule has 1 unspecified atom stereocenters. The number of halogens is 1. The first-order chi connectivity index (χ1) is 9.02. The van der Waals surface area contributed by atoms with Gasteiger partial charge < -0.3 is 14.8 Å². The standard InChI is InChI=1S/C15H22FNO2/c1-15(2)9-12(7-8-19-15)17-10-11-5-4-6-13(18-3)14(11)16/h4-6,12,17H,7-10H2,1-3H3. The molecular weight excluding hydrogens is 245 g/mol. The van der Waals surface area contributed by atoms with Crippen molar-refractivity contribution in [3.63, 3.8) is 0 Å². The molecule has 0 spiro atoms. The summed E-state index contributed by atoms with van der Waals surface area (Å²) in [5.41, 5.74) is 0.548. The molecule has 1 aliphatic heterocycles. The van der Waals surface area contributed by atoms with Gasteiger partial charge in [0.05, 0.1) is 12.7 Å². The summed E-state index contributed by atoms with van der Waals surface area (Å²) in [4.78, 5) is 0. The van der Waals surface area contributed by atoms with Crippen molar-refractivity contribution in [1.29, 1.82) is 0 Å². The third-order valence-corrected chi connectivity index (χ3v) is 3.54. The molecule has 1 N–H and O–H groups in total. The number of benzene rings is 1. The highest BCUT2D eigenvalue weighted by atomic mass is 19.1. The predicted molar refractivity (Wildman–Crippen MR) is 72.8 cm³/mol. The highest BCUT2D eigenvalue weighted by Crippen LogP contribution is 2.25. The average molecular weight is 267 g/mol. The number of hydrogen-bond acceptors (Lipinski definition) is 3. The summed E-state index contributed by atoms with van der Waals surface area (Å²) in [5.74, 6) is 0.0235. The lowest BCUT2D eigenvalue weighted by molar-refractivity contribution is -0.0630. The quantitative estimate of drug-likeness (QED) is 0.910. The van der Waals surface area contributed by atoms with Gasteiger partial charge in [0.2, 0.25) is 0 Å². The van der Waals surface area contributed by atoms with Crippen LogP contribution in [0, 0.1) is 5.82 Å². The zero-order chi connectivity index (χ0) is 13.9. The second kappa shape index (κ2) is 5.88. The van der Waals surface area contributed by atoms with Crippen LogP contribution >= 0.6 is 0 Å². The Morgan fingerprint density at radius 1 is 1.47 bits per heavy atom. The molecule has 106 valence electrons. The van der Waals surface area contributed by atoms with E-state index in [4.69, 9.17) is 9.47 Å². The van der Waals surface area contributed by atoms with Gasteiger partial charge >= 0.3 is 0 Å². The van der Waals surface area contributed by atoms with Crippen molar-refractivity contribution < 1.29 is 13.9 Å². The first-order valence-electron chi connectivity index (χ1n) is 6.70. The normalized spacial score (nSPS) is 22.2. The maximum absolute atomic E-state index is 14.0. The Balaban J connectivity index is 1.95. The fourth-order valence-electron chi connectivity index (χ4n) is 2.51. The second-order valence-electron chi connectivity index (χ2n) is 5.61. The molecular formula is C15H22FNO2. The van der Waals surface area contributed by atoms with Gasteiger partial charge in [-0.25, -0.2) is 4.39 Å². The highest BCUT2D eigenvalue weighted by molar-refractivity contribution is 5.30. The van der Waals surface area contributed by atoms with E-state index in [9.17, 15) is 4.39 Å². The molecule has 0 radical (unpaired) electrons. The van der Waals surface area contributed by atoms with Crippen LogP contribution in [0.4, 0.5) is 4.39 Å². The SMILES string of the molecule is COc1cccc(CNC2CCOC(C)(C)C2)c1F. The molecule has 0 saturated carbocycles. The van der Waals surface area contributed by atoms with Crippen LogP contribution in [0.15, 0.2) is 18.2 Å². The molecule has 1 aromatic rings. The monoisotopic (exact) mass is 267 g/mol. The Labute approximate surface area is 114 Å². The maximum Gasteiger partial charge on any atom is 0.169 e. The molecule has 3 nitrogen and oxygen atoms in total. The van der Waals surface area contributed by atoms with Crippen molar-refractivity contribution in [3.05, 3.63) is 29.6 Å². The number of nitrogens with one attached hydrogen (secondary N) is 1. The van der Waals surface area contributed by atoms with Crippen molar-refractivity contribution >= 4 is 0 Å². The van der Waals surface area contributed by atoms with Crippen LogP contribution in [0.2, 0.25) is 0 Å². The van der Waals surface area contributed by atoms with Crippen LogP contribution in [-0.4, -0.2) is 25.4 Å². The van der Waals surface area contributed by atoms with Crippen molar-refractivity contribution in [2.24, 2.45) is 0 Å². The van der Waals surface area contributed by atoms with Gasteiger partial charge in [-0.2, -0.15) is 0 Å². The van der Waals surface area contributed by atoms with Crippen molar-refractivity contribution in [2.45, 2.75) is 44.9 Å². The summed E-state index contributed by atoms with van der Waals surface area (Å²) >= 11 is 0. The molecule has 0 aromatic heterocycles. The lowest BCUT2D eigenvalue weighted by Gasteiger charge is -2.36. The minimum Gasteiger partial charge on any atom is -0.494 e. The van der Waals surface area contributed by atoms with Crippen LogP contribution in [0.5, 0.6) is 5.75 Å². The van der Waals surface area contributed by atoms with E-state index in [1.54, 1.807) is 12.1 Å². The van der Waals surface area contributed by atoms with Gasteiger partial charge in [-0.3, -0.25) is 0 Å². The molecule has 0 amide bonds. The van der Waals surface area contributed by atoms with Gasteiger partial charge in [-0.15, -0.1) is 0 Å². The minimum absolute atomic E-state index is 0.0944. The lowest BCUT2D eigenvalue weighted by Crippen LogP contribution is -2.43. The average Bonchev–Trinajstić information content (AvgIpc) is 2.36. The van der Waals surface area contributed by atoms with E-state index < -0.39 is 0 Å². The van der Waals surface area contributed by atoms with Crippen LogP contribution < -0.4 is 10.1 Å². The number of ether oxygens (including phenoxy) is 2.